The highest BCUT2D eigenvalue weighted by molar-refractivity contribution is 7.91. The van der Waals surface area contributed by atoms with Crippen LogP contribution in [0, 0.1) is 6.92 Å². The Bertz CT molecular complexity index is 1280. The van der Waals surface area contributed by atoms with Crippen molar-refractivity contribution in [3.8, 4) is 0 Å². The molecule has 0 aliphatic carbocycles. The van der Waals surface area contributed by atoms with Gasteiger partial charge in [-0.25, -0.2) is 17.9 Å². The predicted molar refractivity (Wildman–Crippen MR) is 119 cm³/mol. The van der Waals surface area contributed by atoms with Crippen molar-refractivity contribution in [2.45, 2.75) is 52.2 Å². The van der Waals surface area contributed by atoms with Gasteiger partial charge in [-0.05, 0) is 31.9 Å². The van der Waals surface area contributed by atoms with E-state index in [9.17, 15) is 18.0 Å². The molecule has 1 aliphatic heterocycles. The number of hydrogen-bond donors (Lipinski definition) is 1. The van der Waals surface area contributed by atoms with Crippen molar-refractivity contribution in [2.75, 3.05) is 16.8 Å². The topological polar surface area (TPSA) is 108 Å². The Morgan fingerprint density at radius 2 is 1.87 bits per heavy atom. The molecule has 0 bridgehead atoms. The third-order valence-electron chi connectivity index (χ3n) is 5.61. The van der Waals surface area contributed by atoms with Crippen molar-refractivity contribution in [1.82, 2.24) is 18.9 Å². The van der Waals surface area contributed by atoms with Crippen molar-refractivity contribution >= 4 is 32.6 Å². The highest BCUT2D eigenvalue weighted by atomic mass is 32.2. The third kappa shape index (κ3) is 4.30. The van der Waals surface area contributed by atoms with Crippen LogP contribution in [0.3, 0.4) is 0 Å². The smallest absolute Gasteiger partial charge is 0.311 e. The summed E-state index contributed by atoms with van der Waals surface area (Å²) in [5.41, 5.74) is 2.27. The first-order valence-corrected chi connectivity index (χ1v) is 12.4. The highest BCUT2D eigenvalue weighted by Crippen LogP contribution is 2.27. The Labute approximate surface area is 180 Å². The van der Waals surface area contributed by atoms with Crippen LogP contribution in [0.15, 0.2) is 35.1 Å². The largest absolute Gasteiger partial charge is 0.329 e. The first-order valence-electron chi connectivity index (χ1n) is 10.5. The van der Waals surface area contributed by atoms with Crippen LogP contribution in [-0.2, 0) is 27.7 Å². The minimum atomic E-state index is -3.07. The molecule has 1 N–H and O–H groups in total. The van der Waals surface area contributed by atoms with E-state index in [-0.39, 0.29) is 42.1 Å². The lowest BCUT2D eigenvalue weighted by Crippen LogP contribution is -2.26. The fourth-order valence-electron chi connectivity index (χ4n) is 4.20. The van der Waals surface area contributed by atoms with Gasteiger partial charge in [-0.3, -0.25) is 13.9 Å². The molecule has 166 valence electrons. The molecule has 4 rings (SSSR count). The molecule has 0 saturated carbocycles. The summed E-state index contributed by atoms with van der Waals surface area (Å²) < 4.78 is 28.7. The van der Waals surface area contributed by atoms with Crippen molar-refractivity contribution < 1.29 is 13.2 Å². The predicted octanol–water partition coefficient (Wildman–Crippen LogP) is 2.11. The standard InChI is InChI=1S/C21H27N5O4S/c1-3-10-24-17-6-4-5-7-18(17)25(21(24)28)11-8-20(27)22-19-13-15(2)23-26(19)16-9-12-31(29,30)14-16/h4-7,13,16H,3,8-12,14H2,1-2H3,(H,22,27)/t16-/m1/s1. The molecule has 3 aromatic rings. The van der Waals surface area contributed by atoms with E-state index in [0.717, 1.165) is 17.5 Å². The monoisotopic (exact) mass is 445 g/mol. The van der Waals surface area contributed by atoms with Crippen LogP contribution in [0.5, 0.6) is 0 Å². The first kappa shape index (κ1) is 21.4. The van der Waals surface area contributed by atoms with E-state index in [4.69, 9.17) is 0 Å². The zero-order chi connectivity index (χ0) is 22.2. The van der Waals surface area contributed by atoms with Gasteiger partial charge in [0.15, 0.2) is 9.84 Å². The van der Waals surface area contributed by atoms with Gasteiger partial charge in [-0.2, -0.15) is 5.10 Å². The first-order chi connectivity index (χ1) is 14.8. The molecular weight excluding hydrogens is 418 g/mol. The van der Waals surface area contributed by atoms with E-state index in [2.05, 4.69) is 10.4 Å². The van der Waals surface area contributed by atoms with E-state index < -0.39 is 9.84 Å². The normalized spacial score (nSPS) is 17.9. The highest BCUT2D eigenvalue weighted by Gasteiger charge is 2.31. The molecular formula is C21H27N5O4S. The van der Waals surface area contributed by atoms with Crippen molar-refractivity contribution in [3.63, 3.8) is 0 Å². The fourth-order valence-corrected chi connectivity index (χ4v) is 5.90. The number of sulfone groups is 1. The molecule has 10 heteroatoms. The SMILES string of the molecule is CCCn1c(=O)n(CCC(=O)Nc2cc(C)nn2[C@@H]2CCS(=O)(=O)C2)c2ccccc21. The number of rotatable bonds is 7. The van der Waals surface area contributed by atoms with Gasteiger partial charge in [0.05, 0.1) is 34.3 Å². The molecule has 1 aromatic carbocycles. The van der Waals surface area contributed by atoms with Gasteiger partial charge in [0.25, 0.3) is 0 Å². The van der Waals surface area contributed by atoms with Crippen LogP contribution in [-0.4, -0.2) is 44.7 Å². The summed E-state index contributed by atoms with van der Waals surface area (Å²) >= 11 is 0. The molecule has 1 fully saturated rings. The molecule has 0 unspecified atom stereocenters. The lowest BCUT2D eigenvalue weighted by molar-refractivity contribution is -0.116. The number of aryl methyl sites for hydroxylation is 3. The maximum atomic E-state index is 12.9. The van der Waals surface area contributed by atoms with Crippen LogP contribution in [0.4, 0.5) is 5.82 Å². The van der Waals surface area contributed by atoms with Crippen LogP contribution < -0.4 is 11.0 Å². The number of imidazole rings is 1. The van der Waals surface area contributed by atoms with Gasteiger partial charge in [-0.15, -0.1) is 0 Å². The van der Waals surface area contributed by atoms with Gasteiger partial charge in [-0.1, -0.05) is 19.1 Å². The number of aromatic nitrogens is 4. The number of nitrogens with zero attached hydrogens (tertiary/aromatic N) is 4. The Kier molecular flexibility index (Phi) is 5.74. The lowest BCUT2D eigenvalue weighted by atomic mass is 10.3. The molecule has 9 nitrogen and oxygen atoms in total. The Morgan fingerprint density at radius 1 is 1.19 bits per heavy atom. The quantitative estimate of drug-likeness (QED) is 0.599. The Hall–Kier alpha value is -2.88. The zero-order valence-corrected chi connectivity index (χ0v) is 18.6. The molecule has 0 spiro atoms. The number of hydrogen-bond acceptors (Lipinski definition) is 5. The molecule has 3 heterocycles. The second-order valence-electron chi connectivity index (χ2n) is 8.05. The zero-order valence-electron chi connectivity index (χ0n) is 17.7. The molecule has 1 saturated heterocycles. The molecule has 0 radical (unpaired) electrons. The number of anilines is 1. The third-order valence-corrected chi connectivity index (χ3v) is 7.36. The number of fused-ring (bicyclic) bond motifs is 1. The second-order valence-corrected chi connectivity index (χ2v) is 10.3. The number of para-hydroxylation sites is 2. The summed E-state index contributed by atoms with van der Waals surface area (Å²) in [6.45, 7) is 4.71. The van der Waals surface area contributed by atoms with Crippen molar-refractivity contribution in [1.29, 1.82) is 0 Å². The second kappa shape index (κ2) is 8.33. The summed E-state index contributed by atoms with van der Waals surface area (Å²) in [5.74, 6) is 0.407. The van der Waals surface area contributed by atoms with E-state index in [0.29, 0.717) is 24.5 Å². The van der Waals surface area contributed by atoms with Crippen LogP contribution in [0.25, 0.3) is 11.0 Å². The van der Waals surface area contributed by atoms with Gasteiger partial charge in [0.2, 0.25) is 5.91 Å². The minimum absolute atomic E-state index is 0.0311. The van der Waals surface area contributed by atoms with Crippen LogP contribution >= 0.6 is 0 Å². The maximum Gasteiger partial charge on any atom is 0.329 e. The summed E-state index contributed by atoms with van der Waals surface area (Å²) in [6.07, 6.45) is 1.44. The lowest BCUT2D eigenvalue weighted by Gasteiger charge is -2.14. The molecule has 31 heavy (non-hydrogen) atoms. The number of benzene rings is 1. The Morgan fingerprint density at radius 3 is 2.48 bits per heavy atom. The summed E-state index contributed by atoms with van der Waals surface area (Å²) in [4.78, 5) is 25.5. The molecule has 1 amide bonds. The van der Waals surface area contributed by atoms with Crippen LogP contribution in [0.1, 0.15) is 37.9 Å². The minimum Gasteiger partial charge on any atom is -0.311 e. The van der Waals surface area contributed by atoms with Crippen molar-refractivity contribution in [2.24, 2.45) is 0 Å². The number of amides is 1. The summed E-state index contributed by atoms with van der Waals surface area (Å²) in [7, 11) is -3.07. The fraction of sp³-hybridized carbons (Fsp3) is 0.476. The van der Waals surface area contributed by atoms with E-state index >= 15 is 0 Å². The van der Waals surface area contributed by atoms with Gasteiger partial charge in [0.1, 0.15) is 5.82 Å². The molecule has 1 aliphatic rings. The number of carbonyl (C=O) groups is 1. The summed E-state index contributed by atoms with van der Waals surface area (Å²) in [5, 5.41) is 7.24. The van der Waals surface area contributed by atoms with E-state index in [1.165, 1.54) is 0 Å². The van der Waals surface area contributed by atoms with Gasteiger partial charge >= 0.3 is 5.69 Å². The van der Waals surface area contributed by atoms with E-state index in [1.54, 1.807) is 26.8 Å². The van der Waals surface area contributed by atoms with Crippen LogP contribution in [0.2, 0.25) is 0 Å². The molecule has 2 aromatic heterocycles. The van der Waals surface area contributed by atoms with Crippen molar-refractivity contribution in [3.05, 3.63) is 46.5 Å². The van der Waals surface area contributed by atoms with E-state index in [1.807, 2.05) is 31.2 Å². The summed E-state index contributed by atoms with van der Waals surface area (Å²) in [6, 6.07) is 9.05. The van der Waals surface area contributed by atoms with Gasteiger partial charge in [0, 0.05) is 25.6 Å². The number of carbonyl (C=O) groups excluding carboxylic acids is 1. The average molecular weight is 446 g/mol. The maximum absolute atomic E-state index is 12.9. The van der Waals surface area contributed by atoms with Gasteiger partial charge < -0.3 is 5.32 Å². The Balaban J connectivity index is 1.50. The molecule has 1 atom stereocenters. The number of nitrogens with one attached hydrogen (secondary N) is 1. The average Bonchev–Trinajstić information content (AvgIpc) is 3.35.